The number of anilines is 1. The second-order valence-corrected chi connectivity index (χ2v) is 8.68. The number of hydrogen-bond acceptors (Lipinski definition) is 6. The zero-order chi connectivity index (χ0) is 21.2. The van der Waals surface area contributed by atoms with Crippen LogP contribution in [0, 0.1) is 10.1 Å². The number of rotatable bonds is 6. The van der Waals surface area contributed by atoms with Crippen LogP contribution >= 0.6 is 0 Å². The fraction of sp³-hybridized carbons (Fsp3) is 0.333. The van der Waals surface area contributed by atoms with Crippen molar-refractivity contribution in [1.29, 1.82) is 0 Å². The van der Waals surface area contributed by atoms with Crippen molar-refractivity contribution < 1.29 is 26.5 Å². The van der Waals surface area contributed by atoms with Crippen molar-refractivity contribution in [3.05, 3.63) is 64.2 Å². The van der Waals surface area contributed by atoms with Crippen molar-refractivity contribution in [2.24, 2.45) is 0 Å². The third kappa shape index (κ3) is 4.67. The summed E-state index contributed by atoms with van der Waals surface area (Å²) in [6.07, 6.45) is 0.687. The van der Waals surface area contributed by atoms with Crippen LogP contribution in [0.1, 0.15) is 12.0 Å². The summed E-state index contributed by atoms with van der Waals surface area (Å²) in [5, 5.41) is 14.3. The van der Waals surface area contributed by atoms with Gasteiger partial charge in [-0.05, 0) is 24.1 Å². The van der Waals surface area contributed by atoms with E-state index in [1.165, 1.54) is 0 Å². The monoisotopic (exact) mass is 429 g/mol. The Bertz CT molecular complexity index is 997. The van der Waals surface area contributed by atoms with E-state index in [2.05, 4.69) is 10.2 Å². The van der Waals surface area contributed by atoms with E-state index in [-0.39, 0.29) is 11.7 Å². The van der Waals surface area contributed by atoms with E-state index in [1.54, 1.807) is 0 Å². The first-order valence-corrected chi connectivity index (χ1v) is 10.2. The maximum atomic E-state index is 12.7. The molecule has 0 saturated carbocycles. The summed E-state index contributed by atoms with van der Waals surface area (Å²) in [5.41, 5.74) is -5.13. The molecule has 2 aromatic carbocycles. The van der Waals surface area contributed by atoms with Gasteiger partial charge in [0.25, 0.3) is 15.5 Å². The second kappa shape index (κ2) is 7.99. The van der Waals surface area contributed by atoms with Crippen molar-refractivity contribution in [1.82, 2.24) is 4.90 Å². The number of nitrogens with one attached hydrogen (secondary N) is 1. The molecule has 0 unspecified atom stereocenters. The van der Waals surface area contributed by atoms with Gasteiger partial charge in [-0.3, -0.25) is 15.0 Å². The van der Waals surface area contributed by atoms with Crippen molar-refractivity contribution in [2.75, 3.05) is 18.4 Å². The molecule has 3 rings (SSSR count). The standard InChI is InChI=1S/C18H18F3N3O4S/c19-18(20,21)29(27,28)15-6-7-16(17(10-15)24(25)26)22-14-8-9-23(12-14)11-13-4-2-1-3-5-13/h1-7,10,14,22H,8-9,11-12H2/t14-/m0/s1. The number of alkyl halides is 3. The Morgan fingerprint density at radius 2 is 1.86 bits per heavy atom. The highest BCUT2D eigenvalue weighted by atomic mass is 32.2. The van der Waals surface area contributed by atoms with Crippen LogP contribution in [-0.2, 0) is 16.4 Å². The summed E-state index contributed by atoms with van der Waals surface area (Å²) < 4.78 is 61.2. The smallest absolute Gasteiger partial charge is 0.375 e. The number of likely N-dealkylation sites (tertiary alicyclic amines) is 1. The fourth-order valence-corrected chi connectivity index (χ4v) is 4.02. The van der Waals surface area contributed by atoms with Gasteiger partial charge in [0.15, 0.2) is 0 Å². The minimum Gasteiger partial charge on any atom is -0.375 e. The van der Waals surface area contributed by atoms with Gasteiger partial charge in [-0.25, -0.2) is 8.42 Å². The molecule has 2 aromatic rings. The molecule has 1 N–H and O–H groups in total. The van der Waals surface area contributed by atoms with E-state index in [4.69, 9.17) is 0 Å². The zero-order valence-corrected chi connectivity index (χ0v) is 15.9. The molecule has 0 amide bonds. The number of halogens is 3. The molecular weight excluding hydrogens is 411 g/mol. The summed E-state index contributed by atoms with van der Waals surface area (Å²) in [4.78, 5) is 11.4. The number of nitro benzene ring substituents is 1. The highest BCUT2D eigenvalue weighted by Crippen LogP contribution is 2.35. The molecule has 0 radical (unpaired) electrons. The highest BCUT2D eigenvalue weighted by Gasteiger charge is 2.47. The van der Waals surface area contributed by atoms with Crippen LogP contribution in [-0.4, -0.2) is 42.9 Å². The van der Waals surface area contributed by atoms with Crippen LogP contribution < -0.4 is 5.32 Å². The van der Waals surface area contributed by atoms with Crippen LogP contribution in [0.25, 0.3) is 0 Å². The van der Waals surface area contributed by atoms with Crippen LogP contribution in [0.4, 0.5) is 24.5 Å². The van der Waals surface area contributed by atoms with Gasteiger partial charge in [-0.2, -0.15) is 13.2 Å². The Labute approximate surface area is 165 Å². The number of sulfone groups is 1. The summed E-state index contributed by atoms with van der Waals surface area (Å²) >= 11 is 0. The quantitative estimate of drug-likeness (QED) is 0.558. The Hall–Kier alpha value is -2.66. The SMILES string of the molecule is O=[N+]([O-])c1cc(S(=O)(=O)C(F)(F)F)ccc1N[C@H]1CCN(Cc2ccccc2)C1. The van der Waals surface area contributed by atoms with Gasteiger partial charge >= 0.3 is 5.51 Å². The van der Waals surface area contributed by atoms with Gasteiger partial charge in [0.1, 0.15) is 5.69 Å². The van der Waals surface area contributed by atoms with Gasteiger partial charge in [0.05, 0.1) is 9.82 Å². The van der Waals surface area contributed by atoms with E-state index in [0.717, 1.165) is 24.2 Å². The van der Waals surface area contributed by atoms with Crippen molar-refractivity contribution in [3.63, 3.8) is 0 Å². The Morgan fingerprint density at radius 3 is 2.48 bits per heavy atom. The van der Waals surface area contributed by atoms with Gasteiger partial charge < -0.3 is 5.32 Å². The zero-order valence-electron chi connectivity index (χ0n) is 15.1. The van der Waals surface area contributed by atoms with E-state index >= 15 is 0 Å². The number of hydrogen-bond donors (Lipinski definition) is 1. The highest BCUT2D eigenvalue weighted by molar-refractivity contribution is 7.92. The summed E-state index contributed by atoms with van der Waals surface area (Å²) in [6.45, 7) is 2.05. The van der Waals surface area contributed by atoms with Crippen molar-refractivity contribution in [3.8, 4) is 0 Å². The van der Waals surface area contributed by atoms with E-state index in [0.29, 0.717) is 25.6 Å². The lowest BCUT2D eigenvalue weighted by molar-refractivity contribution is -0.384. The lowest BCUT2D eigenvalue weighted by Gasteiger charge is -2.18. The fourth-order valence-electron chi connectivity index (χ4n) is 3.24. The number of nitrogens with zero attached hydrogens (tertiary/aromatic N) is 2. The van der Waals surface area contributed by atoms with Crippen LogP contribution in [0.15, 0.2) is 53.4 Å². The summed E-state index contributed by atoms with van der Waals surface area (Å²) in [5.74, 6) is 0. The average molecular weight is 429 g/mol. The largest absolute Gasteiger partial charge is 0.501 e. The first-order valence-electron chi connectivity index (χ1n) is 8.70. The minimum absolute atomic E-state index is 0.0114. The number of nitro groups is 1. The predicted molar refractivity (Wildman–Crippen MR) is 100 cm³/mol. The molecule has 1 aliphatic rings. The molecule has 1 aliphatic heterocycles. The Kier molecular flexibility index (Phi) is 5.80. The molecule has 1 atom stereocenters. The lowest BCUT2D eigenvalue weighted by atomic mass is 10.2. The van der Waals surface area contributed by atoms with Gasteiger partial charge in [-0.1, -0.05) is 30.3 Å². The summed E-state index contributed by atoms with van der Waals surface area (Å²) in [7, 11) is -5.66. The lowest BCUT2D eigenvalue weighted by Crippen LogP contribution is -2.26. The first kappa shape index (κ1) is 21.1. The van der Waals surface area contributed by atoms with Gasteiger partial charge in [0, 0.05) is 31.7 Å². The minimum atomic E-state index is -5.66. The molecule has 1 saturated heterocycles. The maximum Gasteiger partial charge on any atom is 0.501 e. The van der Waals surface area contributed by atoms with E-state index < -0.39 is 30.9 Å². The third-order valence-electron chi connectivity index (χ3n) is 4.66. The van der Waals surface area contributed by atoms with E-state index in [1.807, 2.05) is 30.3 Å². The summed E-state index contributed by atoms with van der Waals surface area (Å²) in [6, 6.07) is 11.8. The van der Waals surface area contributed by atoms with Gasteiger partial charge in [-0.15, -0.1) is 0 Å². The van der Waals surface area contributed by atoms with Crippen molar-refractivity contribution >= 4 is 21.2 Å². The first-order chi connectivity index (χ1) is 13.6. The average Bonchev–Trinajstić information content (AvgIpc) is 3.08. The Morgan fingerprint density at radius 1 is 1.17 bits per heavy atom. The third-order valence-corrected chi connectivity index (χ3v) is 6.15. The normalized spacial score (nSPS) is 18.0. The molecule has 11 heteroatoms. The topological polar surface area (TPSA) is 92.5 Å². The molecule has 0 aromatic heterocycles. The van der Waals surface area contributed by atoms with Crippen LogP contribution in [0.5, 0.6) is 0 Å². The number of benzene rings is 2. The van der Waals surface area contributed by atoms with Gasteiger partial charge in [0.2, 0.25) is 0 Å². The molecule has 156 valence electrons. The molecular formula is C18H18F3N3O4S. The van der Waals surface area contributed by atoms with Crippen LogP contribution in [0.2, 0.25) is 0 Å². The maximum absolute atomic E-state index is 12.7. The Balaban J connectivity index is 1.75. The molecule has 0 aliphatic carbocycles. The predicted octanol–water partition coefficient (Wildman–Crippen LogP) is 3.57. The molecule has 1 heterocycles. The second-order valence-electron chi connectivity index (χ2n) is 6.74. The van der Waals surface area contributed by atoms with E-state index in [9.17, 15) is 31.7 Å². The van der Waals surface area contributed by atoms with Crippen molar-refractivity contribution in [2.45, 2.75) is 29.4 Å². The molecule has 29 heavy (non-hydrogen) atoms. The molecule has 0 spiro atoms. The molecule has 7 nitrogen and oxygen atoms in total. The van der Waals surface area contributed by atoms with Crippen LogP contribution in [0.3, 0.4) is 0 Å². The molecule has 0 bridgehead atoms. The molecule has 1 fully saturated rings.